The Balaban J connectivity index is 3.24. The third-order valence-electron chi connectivity index (χ3n) is 3.70. The van der Waals surface area contributed by atoms with Gasteiger partial charge in [0, 0.05) is 39.3 Å². The highest BCUT2D eigenvalue weighted by Crippen LogP contribution is 2.33. The van der Waals surface area contributed by atoms with Gasteiger partial charge in [-0.25, -0.2) is 0 Å². The SMILES string of the molecule is CC(=O)N[C@H]1[C@H](OC(C)=O)[C@H](OC(C)=O)[C@@H](COC(C)=O)O[C@H]1SC[C@H](O)CCl. The van der Waals surface area contributed by atoms with Crippen LogP contribution in [0.15, 0.2) is 0 Å². The Morgan fingerprint density at radius 3 is 2.14 bits per heavy atom. The smallest absolute Gasteiger partial charge is 0.303 e. The van der Waals surface area contributed by atoms with Gasteiger partial charge < -0.3 is 29.4 Å². The zero-order valence-corrected chi connectivity index (χ0v) is 18.2. The largest absolute Gasteiger partial charge is 0.463 e. The first kappa shape index (κ1) is 25.5. The first-order valence-electron chi connectivity index (χ1n) is 8.81. The molecule has 1 amide bonds. The fourth-order valence-corrected chi connectivity index (χ4v) is 4.10. The maximum Gasteiger partial charge on any atom is 0.303 e. The van der Waals surface area contributed by atoms with Gasteiger partial charge in [0.1, 0.15) is 24.2 Å². The first-order chi connectivity index (χ1) is 13.5. The lowest BCUT2D eigenvalue weighted by atomic mass is 9.97. The highest BCUT2D eigenvalue weighted by molar-refractivity contribution is 7.99. The van der Waals surface area contributed by atoms with E-state index in [0.29, 0.717) is 0 Å². The fraction of sp³-hybridized carbons (Fsp3) is 0.765. The van der Waals surface area contributed by atoms with Crippen LogP contribution < -0.4 is 5.32 Å². The van der Waals surface area contributed by atoms with E-state index in [1.165, 1.54) is 27.7 Å². The van der Waals surface area contributed by atoms with E-state index in [-0.39, 0.29) is 18.2 Å². The molecule has 6 atom stereocenters. The monoisotopic (exact) mass is 455 g/mol. The standard InChI is InChI=1S/C17H26ClNO9S/c1-8(20)19-14-16(27-11(4)23)15(26-10(3)22)13(6-25-9(2)21)28-17(14)29-7-12(24)5-18/h12-17,24H,5-7H2,1-4H3,(H,19,20)/t12-,13-,14+,15-,16+,17+/m1/s1. The summed E-state index contributed by atoms with van der Waals surface area (Å²) < 4.78 is 21.6. The van der Waals surface area contributed by atoms with E-state index in [1.54, 1.807) is 0 Å². The summed E-state index contributed by atoms with van der Waals surface area (Å²) in [6.07, 6.45) is -4.06. The molecule has 12 heteroatoms. The van der Waals surface area contributed by atoms with Crippen LogP contribution in [0.25, 0.3) is 0 Å². The van der Waals surface area contributed by atoms with Crippen molar-refractivity contribution in [2.75, 3.05) is 18.2 Å². The van der Waals surface area contributed by atoms with Crippen molar-refractivity contribution in [2.24, 2.45) is 0 Å². The maximum absolute atomic E-state index is 11.7. The van der Waals surface area contributed by atoms with Crippen molar-refractivity contribution in [1.29, 1.82) is 0 Å². The Bertz CT molecular complexity index is 605. The number of alkyl halides is 1. The van der Waals surface area contributed by atoms with Crippen LogP contribution in [0, 0.1) is 0 Å². The molecule has 0 radical (unpaired) electrons. The summed E-state index contributed by atoms with van der Waals surface area (Å²) in [4.78, 5) is 46.3. The molecule has 0 unspecified atom stereocenters. The number of halogens is 1. The number of nitrogens with one attached hydrogen (secondary N) is 1. The molecule has 0 aromatic carbocycles. The zero-order valence-electron chi connectivity index (χ0n) is 16.6. The molecule has 0 spiro atoms. The second-order valence-electron chi connectivity index (χ2n) is 6.36. The number of hydrogen-bond donors (Lipinski definition) is 2. The van der Waals surface area contributed by atoms with E-state index in [0.717, 1.165) is 11.8 Å². The first-order valence-corrected chi connectivity index (χ1v) is 10.4. The molecular formula is C17H26ClNO9S. The second kappa shape index (κ2) is 12.2. The zero-order chi connectivity index (χ0) is 22.1. The summed E-state index contributed by atoms with van der Waals surface area (Å²) in [5, 5.41) is 12.4. The topological polar surface area (TPSA) is 137 Å². The number of amides is 1. The van der Waals surface area contributed by atoms with Crippen molar-refractivity contribution in [1.82, 2.24) is 5.32 Å². The van der Waals surface area contributed by atoms with E-state index < -0.39 is 59.7 Å². The third-order valence-corrected chi connectivity index (χ3v) is 5.37. The molecule has 0 aromatic heterocycles. The highest BCUT2D eigenvalue weighted by Gasteiger charge is 2.50. The number of aliphatic hydroxyl groups is 1. The summed E-state index contributed by atoms with van der Waals surface area (Å²) >= 11 is 6.75. The lowest BCUT2D eigenvalue weighted by molar-refractivity contribution is -0.211. The number of aliphatic hydroxyl groups excluding tert-OH is 1. The molecule has 1 aliphatic heterocycles. The van der Waals surface area contributed by atoms with E-state index in [9.17, 15) is 24.3 Å². The molecule has 1 saturated heterocycles. The van der Waals surface area contributed by atoms with Crippen molar-refractivity contribution >= 4 is 47.2 Å². The number of thioether (sulfide) groups is 1. The van der Waals surface area contributed by atoms with Crippen molar-refractivity contribution in [3.05, 3.63) is 0 Å². The van der Waals surface area contributed by atoms with Crippen LogP contribution in [0.5, 0.6) is 0 Å². The van der Waals surface area contributed by atoms with Crippen molar-refractivity contribution in [3.63, 3.8) is 0 Å². The normalized spacial score (nSPS) is 27.4. The van der Waals surface area contributed by atoms with Gasteiger partial charge in [-0.3, -0.25) is 19.2 Å². The Kier molecular flexibility index (Phi) is 10.7. The average molecular weight is 456 g/mol. The molecule has 2 N–H and O–H groups in total. The van der Waals surface area contributed by atoms with Crippen LogP contribution in [-0.4, -0.2) is 83.1 Å². The van der Waals surface area contributed by atoms with Crippen molar-refractivity contribution in [3.8, 4) is 0 Å². The Morgan fingerprint density at radius 2 is 1.66 bits per heavy atom. The molecule has 166 valence electrons. The quantitative estimate of drug-likeness (QED) is 0.277. The van der Waals surface area contributed by atoms with E-state index in [2.05, 4.69) is 5.32 Å². The summed E-state index contributed by atoms with van der Waals surface area (Å²) in [6, 6.07) is -0.901. The summed E-state index contributed by atoms with van der Waals surface area (Å²) in [7, 11) is 0. The second-order valence-corrected chi connectivity index (χ2v) is 7.80. The summed E-state index contributed by atoms with van der Waals surface area (Å²) in [5.41, 5.74) is -0.812. The van der Waals surface area contributed by atoms with Crippen LogP contribution in [0.4, 0.5) is 0 Å². The van der Waals surface area contributed by atoms with E-state index in [1.807, 2.05) is 0 Å². The summed E-state index contributed by atoms with van der Waals surface area (Å²) in [5.74, 6) is -2.20. The molecule has 1 fully saturated rings. The molecule has 0 aliphatic carbocycles. The van der Waals surface area contributed by atoms with E-state index in [4.69, 9.17) is 30.5 Å². The number of ether oxygens (including phenoxy) is 4. The number of carbonyl (C=O) groups excluding carboxylic acids is 4. The molecule has 0 aromatic rings. The molecule has 0 bridgehead atoms. The van der Waals surface area contributed by atoms with Crippen LogP contribution in [0.2, 0.25) is 0 Å². The van der Waals surface area contributed by atoms with E-state index >= 15 is 0 Å². The third kappa shape index (κ3) is 8.77. The minimum Gasteiger partial charge on any atom is -0.463 e. The Morgan fingerprint density at radius 1 is 1.07 bits per heavy atom. The number of esters is 3. The lowest BCUT2D eigenvalue weighted by Crippen LogP contribution is -2.65. The van der Waals surface area contributed by atoms with Crippen molar-refractivity contribution < 1.29 is 43.2 Å². The van der Waals surface area contributed by atoms with Gasteiger partial charge in [-0.1, -0.05) is 0 Å². The predicted molar refractivity (Wildman–Crippen MR) is 103 cm³/mol. The fourth-order valence-electron chi connectivity index (χ4n) is 2.68. The molecule has 10 nitrogen and oxygen atoms in total. The number of rotatable bonds is 9. The van der Waals surface area contributed by atoms with Gasteiger partial charge in [0.05, 0.1) is 6.10 Å². The van der Waals surface area contributed by atoms with Gasteiger partial charge in [-0.05, 0) is 0 Å². The van der Waals surface area contributed by atoms with Gasteiger partial charge in [0.2, 0.25) is 5.91 Å². The Labute approximate surface area is 177 Å². The molecule has 0 saturated carbocycles. The molecular weight excluding hydrogens is 430 g/mol. The number of carbonyl (C=O) groups is 4. The average Bonchev–Trinajstić information content (AvgIpc) is 2.60. The maximum atomic E-state index is 11.7. The van der Waals surface area contributed by atoms with Crippen LogP contribution in [0.1, 0.15) is 27.7 Å². The van der Waals surface area contributed by atoms with Crippen molar-refractivity contribution in [2.45, 2.75) is 63.6 Å². The van der Waals surface area contributed by atoms with Gasteiger partial charge in [0.25, 0.3) is 0 Å². The van der Waals surface area contributed by atoms with Gasteiger partial charge in [-0.15, -0.1) is 23.4 Å². The number of hydrogen-bond acceptors (Lipinski definition) is 10. The van der Waals surface area contributed by atoms with Crippen LogP contribution >= 0.6 is 23.4 Å². The molecule has 1 rings (SSSR count). The van der Waals surface area contributed by atoms with Gasteiger partial charge >= 0.3 is 17.9 Å². The molecule has 1 heterocycles. The minimum atomic E-state index is -1.14. The van der Waals surface area contributed by atoms with Crippen LogP contribution in [0.3, 0.4) is 0 Å². The lowest BCUT2D eigenvalue weighted by Gasteiger charge is -2.45. The predicted octanol–water partition coefficient (Wildman–Crippen LogP) is -0.0246. The molecule has 1 aliphatic rings. The summed E-state index contributed by atoms with van der Waals surface area (Å²) in [6.45, 7) is 4.54. The van der Waals surface area contributed by atoms with Gasteiger partial charge in [-0.2, -0.15) is 0 Å². The Hall–Kier alpha value is -1.56. The minimum absolute atomic E-state index is 0.00908. The van der Waals surface area contributed by atoms with Gasteiger partial charge in [0.15, 0.2) is 12.2 Å². The van der Waals surface area contributed by atoms with Crippen LogP contribution in [-0.2, 0) is 38.1 Å². The highest BCUT2D eigenvalue weighted by atomic mass is 35.5. The molecule has 29 heavy (non-hydrogen) atoms.